The first-order valence-electron chi connectivity index (χ1n) is 5.21. The first-order chi connectivity index (χ1) is 8.67. The number of hydrogen-bond donors (Lipinski definition) is 1. The van der Waals surface area contributed by atoms with Crippen LogP contribution in [-0.4, -0.2) is 18.7 Å². The molecule has 0 saturated carbocycles. The summed E-state index contributed by atoms with van der Waals surface area (Å²) in [5.41, 5.74) is 0.600. The number of halogens is 6. The van der Waals surface area contributed by atoms with Crippen molar-refractivity contribution in [2.45, 2.75) is 25.1 Å². The van der Waals surface area contributed by atoms with Crippen LogP contribution in [0.25, 0.3) is 0 Å². The van der Waals surface area contributed by atoms with Crippen molar-refractivity contribution in [3.05, 3.63) is 29.8 Å². The van der Waals surface area contributed by atoms with E-state index in [-0.39, 0.29) is 11.8 Å². The Kier molecular flexibility index (Phi) is 4.98. The van der Waals surface area contributed by atoms with Gasteiger partial charge in [-0.1, -0.05) is 12.1 Å². The minimum absolute atomic E-state index is 0.0832. The maximum atomic E-state index is 12.7. The van der Waals surface area contributed by atoms with Gasteiger partial charge < -0.3 is 4.74 Å². The molecule has 0 heterocycles. The molecule has 19 heavy (non-hydrogen) atoms. The summed E-state index contributed by atoms with van der Waals surface area (Å²) in [5, 5.41) is 0. The maximum Gasteiger partial charge on any atom is 0.456 e. The summed E-state index contributed by atoms with van der Waals surface area (Å²) in [7, 11) is 0. The maximum absolute atomic E-state index is 12.7. The number of rotatable bonds is 5. The van der Waals surface area contributed by atoms with Gasteiger partial charge in [0.1, 0.15) is 5.75 Å². The van der Waals surface area contributed by atoms with E-state index < -0.39 is 18.7 Å². The van der Waals surface area contributed by atoms with Gasteiger partial charge in [0.05, 0.1) is 0 Å². The molecule has 0 aromatic heterocycles. The molecule has 0 amide bonds. The molecule has 0 saturated heterocycles. The number of alkyl halides is 5. The van der Waals surface area contributed by atoms with Crippen LogP contribution in [0.3, 0.4) is 0 Å². The van der Waals surface area contributed by atoms with Crippen LogP contribution in [-0.2, 0) is 0 Å². The van der Waals surface area contributed by atoms with Gasteiger partial charge >= 0.3 is 12.1 Å². The highest BCUT2D eigenvalue weighted by atomic mass is 35.5. The summed E-state index contributed by atoms with van der Waals surface area (Å²) < 4.78 is 65.6. The van der Waals surface area contributed by atoms with Crippen LogP contribution >= 0.6 is 11.8 Å². The van der Waals surface area contributed by atoms with Gasteiger partial charge in [-0.3, -0.25) is 0 Å². The first kappa shape index (κ1) is 16.0. The van der Waals surface area contributed by atoms with Crippen LogP contribution in [0.1, 0.15) is 18.5 Å². The smallest absolute Gasteiger partial charge is 0.456 e. The lowest BCUT2D eigenvalue weighted by molar-refractivity contribution is -0.290. The Morgan fingerprint density at radius 1 is 1.26 bits per heavy atom. The minimum atomic E-state index is -5.63. The van der Waals surface area contributed by atoms with Crippen molar-refractivity contribution < 1.29 is 26.7 Å². The molecule has 0 aliphatic rings. The number of ether oxygens (including phenoxy) is 1. The zero-order valence-electron chi connectivity index (χ0n) is 9.77. The van der Waals surface area contributed by atoms with Gasteiger partial charge in [0.25, 0.3) is 0 Å². The molecule has 0 aliphatic heterocycles. The molecule has 0 aliphatic carbocycles. The molecule has 0 spiro atoms. The molecule has 0 unspecified atom stereocenters. The molecule has 108 valence electrons. The topological polar surface area (TPSA) is 21.3 Å². The second kappa shape index (κ2) is 5.92. The average molecular weight is 304 g/mol. The molecule has 1 aromatic carbocycles. The lowest BCUT2D eigenvalue weighted by Gasteiger charge is -2.20. The van der Waals surface area contributed by atoms with Crippen molar-refractivity contribution in [2.75, 3.05) is 6.61 Å². The summed E-state index contributed by atoms with van der Waals surface area (Å²) >= 11 is 5.39. The SMILES string of the molecule is C[C@@H](NCl)c1cccc(OCC(F)(F)C(F)(F)F)c1. The van der Waals surface area contributed by atoms with Crippen molar-refractivity contribution >= 4 is 11.8 Å². The van der Waals surface area contributed by atoms with Gasteiger partial charge in [0.15, 0.2) is 6.61 Å². The fourth-order valence-electron chi connectivity index (χ4n) is 1.19. The molecule has 0 bridgehead atoms. The van der Waals surface area contributed by atoms with Crippen LogP contribution in [0.4, 0.5) is 22.0 Å². The Bertz CT molecular complexity index is 424. The fourth-order valence-corrected chi connectivity index (χ4v) is 1.32. The Morgan fingerprint density at radius 3 is 2.42 bits per heavy atom. The van der Waals surface area contributed by atoms with Crippen LogP contribution in [0, 0.1) is 0 Å². The largest absolute Gasteiger partial charge is 0.487 e. The summed E-state index contributed by atoms with van der Waals surface area (Å²) in [6, 6.07) is 5.44. The summed E-state index contributed by atoms with van der Waals surface area (Å²) in [6.07, 6.45) is -5.63. The van der Waals surface area contributed by atoms with Crippen LogP contribution in [0.2, 0.25) is 0 Å². The molecular formula is C11H11ClF5NO. The summed E-state index contributed by atoms with van der Waals surface area (Å²) in [4.78, 5) is 2.39. The van der Waals surface area contributed by atoms with Crippen molar-refractivity contribution in [1.29, 1.82) is 0 Å². The van der Waals surface area contributed by atoms with Crippen molar-refractivity contribution in [3.63, 3.8) is 0 Å². The monoisotopic (exact) mass is 303 g/mol. The van der Waals surface area contributed by atoms with Crippen molar-refractivity contribution in [3.8, 4) is 5.75 Å². The number of benzene rings is 1. The van der Waals surface area contributed by atoms with Gasteiger partial charge in [-0.2, -0.15) is 22.0 Å². The van der Waals surface area contributed by atoms with E-state index in [4.69, 9.17) is 11.8 Å². The van der Waals surface area contributed by atoms with Crippen LogP contribution < -0.4 is 9.57 Å². The normalized spacial score (nSPS) is 14.3. The molecular weight excluding hydrogens is 293 g/mol. The lowest BCUT2D eigenvalue weighted by Crippen LogP contribution is -2.41. The molecule has 8 heteroatoms. The van der Waals surface area contributed by atoms with Crippen LogP contribution in [0.15, 0.2) is 24.3 Å². The fraction of sp³-hybridized carbons (Fsp3) is 0.455. The average Bonchev–Trinajstić information content (AvgIpc) is 2.34. The summed E-state index contributed by atoms with van der Waals surface area (Å²) in [6.45, 7) is -0.0704. The van der Waals surface area contributed by atoms with Crippen LogP contribution in [0.5, 0.6) is 5.75 Å². The predicted molar refractivity (Wildman–Crippen MR) is 60.3 cm³/mol. The molecule has 1 N–H and O–H groups in total. The molecule has 1 rings (SSSR count). The second-order valence-corrected chi connectivity index (χ2v) is 4.11. The van der Waals surface area contributed by atoms with E-state index in [0.717, 1.165) is 0 Å². The van der Waals surface area contributed by atoms with Crippen molar-refractivity contribution in [1.82, 2.24) is 4.84 Å². The minimum Gasteiger partial charge on any atom is -0.487 e. The quantitative estimate of drug-likeness (QED) is 0.654. The standard InChI is InChI=1S/C11H11ClF5NO/c1-7(18-12)8-3-2-4-9(5-8)19-6-10(13,14)11(15,16)17/h2-5,7,18H,6H2,1H3/t7-/m1/s1. The Hall–Kier alpha value is -1.08. The molecule has 2 nitrogen and oxygen atoms in total. The zero-order chi connectivity index (χ0) is 14.7. The molecule has 1 aromatic rings. The third-order valence-electron chi connectivity index (χ3n) is 2.36. The van der Waals surface area contributed by atoms with Gasteiger partial charge in [0.2, 0.25) is 0 Å². The summed E-state index contributed by atoms with van der Waals surface area (Å²) in [5.74, 6) is -4.97. The third kappa shape index (κ3) is 4.21. The second-order valence-electron chi connectivity index (χ2n) is 3.89. The van der Waals surface area contributed by atoms with Gasteiger partial charge in [-0.15, -0.1) is 0 Å². The Morgan fingerprint density at radius 2 is 1.89 bits per heavy atom. The van der Waals surface area contributed by atoms with Gasteiger partial charge in [0, 0.05) is 6.04 Å². The zero-order valence-corrected chi connectivity index (χ0v) is 10.5. The predicted octanol–water partition coefficient (Wildman–Crippen LogP) is 4.07. The third-order valence-corrected chi connectivity index (χ3v) is 2.68. The van der Waals surface area contributed by atoms with Crippen molar-refractivity contribution in [2.24, 2.45) is 0 Å². The highest BCUT2D eigenvalue weighted by Crippen LogP contribution is 2.35. The highest BCUT2D eigenvalue weighted by Gasteiger charge is 2.58. The number of hydrogen-bond acceptors (Lipinski definition) is 2. The van der Waals surface area contributed by atoms with E-state index in [2.05, 4.69) is 9.57 Å². The first-order valence-corrected chi connectivity index (χ1v) is 5.58. The highest BCUT2D eigenvalue weighted by molar-refractivity contribution is 6.13. The van der Waals surface area contributed by atoms with E-state index in [1.54, 1.807) is 13.0 Å². The van der Waals surface area contributed by atoms with E-state index in [1.807, 2.05) is 0 Å². The number of nitrogens with one attached hydrogen (secondary N) is 1. The molecule has 0 fully saturated rings. The lowest BCUT2D eigenvalue weighted by atomic mass is 10.1. The van der Waals surface area contributed by atoms with E-state index in [9.17, 15) is 22.0 Å². The van der Waals surface area contributed by atoms with Gasteiger partial charge in [-0.25, -0.2) is 4.84 Å². The van der Waals surface area contributed by atoms with E-state index in [0.29, 0.717) is 5.56 Å². The van der Waals surface area contributed by atoms with E-state index >= 15 is 0 Å². The van der Waals surface area contributed by atoms with E-state index in [1.165, 1.54) is 18.2 Å². The Labute approximate surface area is 111 Å². The molecule has 1 atom stereocenters. The van der Waals surface area contributed by atoms with Gasteiger partial charge in [-0.05, 0) is 36.4 Å². The molecule has 0 radical (unpaired) electrons. The Balaban J connectivity index is 2.74.